The maximum atomic E-state index is 13.7. The first-order valence-electron chi connectivity index (χ1n) is 19.0. The van der Waals surface area contributed by atoms with Crippen molar-refractivity contribution >= 4 is 41.5 Å². The van der Waals surface area contributed by atoms with Crippen LogP contribution in [0.15, 0.2) is 28.9 Å². The maximum absolute atomic E-state index is 13.7. The molecule has 5 amide bonds. The molecular weight excluding hydrogens is 838 g/mol. The van der Waals surface area contributed by atoms with Crippen molar-refractivity contribution in [3.63, 3.8) is 0 Å². The summed E-state index contributed by atoms with van der Waals surface area (Å²) in [6, 6.07) is -8.60. The number of amides is 5. The number of nitrogens with two attached hydrogens (primary N) is 2. The molecule has 0 fully saturated rings. The van der Waals surface area contributed by atoms with E-state index in [1.165, 1.54) is 0 Å². The summed E-state index contributed by atoms with van der Waals surface area (Å²) in [6.45, 7) is -0.392. The zero-order chi connectivity index (χ0) is 47.0. The Morgan fingerprint density at radius 1 is 0.823 bits per heavy atom. The number of azide groups is 1. The molecule has 2 heterocycles. The Morgan fingerprint density at radius 3 is 1.79 bits per heavy atom. The third-order valence-electron chi connectivity index (χ3n) is 9.59. The number of hydrogen-bond acceptors (Lipinski definition) is 19. The third kappa shape index (κ3) is 14.5. The molecule has 0 aromatic rings. The molecule has 2 rings (SSSR count). The SMILES string of the molecule is CCCC[C@@H](C(N)=O)N(N=[N+]=[N-])C(=O)[C@@H](CCC(=O)O)NC(=O)C1=C[C@H](O)[C@@H](NC(=O)[C@@H](CCC(=O)O)NC(=O)C2=C[C@H](O)[C@@H](N)[C@H]([C@H](O)[C@H](O)CO)O2)[C@H]([C@H](O)[C@H](O)CO)O1. The van der Waals surface area contributed by atoms with Gasteiger partial charge in [-0.3, -0.25) is 28.8 Å². The van der Waals surface area contributed by atoms with Gasteiger partial charge in [0.05, 0.1) is 31.4 Å². The number of ether oxygens (including phenoxy) is 2. The van der Waals surface area contributed by atoms with E-state index < -0.39 is 171 Å². The molecule has 0 saturated carbocycles. The molecule has 28 nitrogen and oxygen atoms in total. The Bertz CT molecular complexity index is 1730. The molecule has 28 heteroatoms. The largest absolute Gasteiger partial charge is 0.481 e. The molecule has 0 saturated heterocycles. The Kier molecular flexibility index (Phi) is 20.9. The molecule has 13 atom stereocenters. The molecule has 348 valence electrons. The first-order valence-corrected chi connectivity index (χ1v) is 19.0. The fourth-order valence-corrected chi connectivity index (χ4v) is 6.13. The van der Waals surface area contributed by atoms with Gasteiger partial charge in [0.1, 0.15) is 48.7 Å². The van der Waals surface area contributed by atoms with Crippen molar-refractivity contribution in [2.75, 3.05) is 13.2 Å². The summed E-state index contributed by atoms with van der Waals surface area (Å²) in [7, 11) is 0. The highest BCUT2D eigenvalue weighted by atomic mass is 16.5. The number of carboxylic acids is 2. The van der Waals surface area contributed by atoms with E-state index in [1.807, 2.05) is 0 Å². The lowest BCUT2D eigenvalue weighted by atomic mass is 9.93. The van der Waals surface area contributed by atoms with Gasteiger partial charge in [-0.05, 0) is 43.1 Å². The minimum atomic E-state index is -2.26. The van der Waals surface area contributed by atoms with Crippen LogP contribution in [-0.2, 0) is 43.0 Å². The lowest BCUT2D eigenvalue weighted by molar-refractivity contribution is -0.147. The van der Waals surface area contributed by atoms with Gasteiger partial charge in [0.2, 0.25) is 5.91 Å². The van der Waals surface area contributed by atoms with E-state index in [0.717, 1.165) is 6.08 Å². The number of rotatable bonds is 25. The molecule has 2 aliphatic heterocycles. The third-order valence-corrected chi connectivity index (χ3v) is 9.59. The van der Waals surface area contributed by atoms with Gasteiger partial charge in [0.15, 0.2) is 23.7 Å². The summed E-state index contributed by atoms with van der Waals surface area (Å²) >= 11 is 0. The zero-order valence-corrected chi connectivity index (χ0v) is 33.1. The van der Waals surface area contributed by atoms with E-state index in [0.29, 0.717) is 23.9 Å². The number of primary amides is 1. The number of aliphatic hydroxyl groups excluding tert-OH is 8. The number of hydrogen-bond donors (Lipinski definition) is 15. The molecular formula is C34H53N9O19. The van der Waals surface area contributed by atoms with Crippen molar-refractivity contribution < 1.29 is 94.1 Å². The first kappa shape index (κ1) is 52.5. The average molecular weight is 892 g/mol. The molecule has 0 aromatic carbocycles. The number of unbranched alkanes of at least 4 members (excludes halogenated alkanes) is 1. The van der Waals surface area contributed by atoms with Crippen molar-refractivity contribution in [1.82, 2.24) is 21.0 Å². The fourth-order valence-electron chi connectivity index (χ4n) is 6.13. The van der Waals surface area contributed by atoms with Gasteiger partial charge in [-0.15, -0.1) is 5.53 Å². The molecule has 0 bridgehead atoms. The van der Waals surface area contributed by atoms with Gasteiger partial charge in [-0.2, -0.15) is 9.92 Å². The van der Waals surface area contributed by atoms with Crippen LogP contribution in [0, 0.1) is 0 Å². The predicted molar refractivity (Wildman–Crippen MR) is 202 cm³/mol. The fraction of sp³-hybridized carbons (Fsp3) is 0.676. The first-order chi connectivity index (χ1) is 29.1. The second-order valence-corrected chi connectivity index (χ2v) is 14.1. The minimum Gasteiger partial charge on any atom is -0.481 e. The van der Waals surface area contributed by atoms with Gasteiger partial charge < -0.3 is 88.0 Å². The van der Waals surface area contributed by atoms with Crippen LogP contribution in [0.1, 0.15) is 51.9 Å². The monoisotopic (exact) mass is 891 g/mol. The lowest BCUT2D eigenvalue weighted by Crippen LogP contribution is -2.63. The standard InChI is InChI=1S/C34H53N9O19/c1-2-3-4-15(30(36)56)43(42-41-37)34(60)14(6-8-23(52)53)39-33(59)21-10-17(47)25(29(62-21)27(55)19(49)12-45)40-31(57)13(5-7-22(50)51)38-32(58)20-9-16(46)24(35)28(61-20)26(54)18(48)11-44/h9-10,13-19,24-29,44-49,54-55H,2-8,11-12,35H2,1H3,(H2,36,56)(H,38,58)(H,39,59)(H,40,57)(H,50,51)(H,52,53)/t13-,14-,15+,16+,17+,18-,19-,24-,25-,26-,27-,28-,29-/m1/s1. The van der Waals surface area contributed by atoms with Crippen molar-refractivity contribution in [3.8, 4) is 0 Å². The number of carbonyl (C=O) groups is 7. The van der Waals surface area contributed by atoms with E-state index in [4.69, 9.17) is 26.5 Å². The van der Waals surface area contributed by atoms with Gasteiger partial charge >= 0.3 is 17.8 Å². The molecule has 62 heavy (non-hydrogen) atoms. The van der Waals surface area contributed by atoms with Crippen LogP contribution < -0.4 is 27.4 Å². The van der Waals surface area contributed by atoms with Gasteiger partial charge in [0, 0.05) is 12.8 Å². The van der Waals surface area contributed by atoms with Crippen LogP contribution in [0.2, 0.25) is 0 Å². The zero-order valence-electron chi connectivity index (χ0n) is 33.1. The lowest BCUT2D eigenvalue weighted by Gasteiger charge is -2.39. The summed E-state index contributed by atoms with van der Waals surface area (Å²) in [6.07, 6.45) is -16.4. The number of nitrogens with one attached hydrogen (secondary N) is 3. The Balaban J connectivity index is 2.49. The second kappa shape index (κ2) is 24.7. The number of carbonyl (C=O) groups excluding carboxylic acids is 5. The van der Waals surface area contributed by atoms with Gasteiger partial charge in [0.25, 0.3) is 17.7 Å². The van der Waals surface area contributed by atoms with E-state index in [2.05, 4.69) is 26.1 Å². The molecule has 0 unspecified atom stereocenters. The van der Waals surface area contributed by atoms with Crippen LogP contribution in [0.25, 0.3) is 10.4 Å². The summed E-state index contributed by atoms with van der Waals surface area (Å²) in [5.74, 6) is -11.0. The van der Waals surface area contributed by atoms with Crippen LogP contribution in [0.3, 0.4) is 0 Å². The van der Waals surface area contributed by atoms with Crippen molar-refractivity contribution in [2.45, 2.75) is 131 Å². The smallest absolute Gasteiger partial charge is 0.335 e. The van der Waals surface area contributed by atoms with E-state index in [-0.39, 0.29) is 6.42 Å². The highest BCUT2D eigenvalue weighted by molar-refractivity contribution is 5.97. The van der Waals surface area contributed by atoms with Crippen molar-refractivity contribution in [1.29, 1.82) is 0 Å². The molecule has 0 radical (unpaired) electrons. The van der Waals surface area contributed by atoms with E-state index >= 15 is 0 Å². The average Bonchev–Trinajstić information content (AvgIpc) is 3.22. The molecule has 0 spiro atoms. The maximum Gasteiger partial charge on any atom is 0.335 e. The normalized spacial score (nSPS) is 24.2. The van der Waals surface area contributed by atoms with Gasteiger partial charge in [-0.25, -0.2) is 4.79 Å². The van der Waals surface area contributed by atoms with Crippen molar-refractivity contribution in [2.24, 2.45) is 16.7 Å². The van der Waals surface area contributed by atoms with Gasteiger partial charge in [-0.1, -0.05) is 13.3 Å². The Morgan fingerprint density at radius 2 is 1.31 bits per heavy atom. The molecule has 2 aliphatic rings. The number of nitrogens with zero attached hydrogens (tertiary/aromatic N) is 4. The quantitative estimate of drug-likeness (QED) is 0.0175. The van der Waals surface area contributed by atoms with Crippen LogP contribution >= 0.6 is 0 Å². The summed E-state index contributed by atoms with van der Waals surface area (Å²) in [4.78, 5) is 91.9. The van der Waals surface area contributed by atoms with E-state index in [9.17, 15) is 84.6 Å². The number of aliphatic carboxylic acids is 2. The summed E-state index contributed by atoms with van der Waals surface area (Å²) in [5.41, 5.74) is 20.4. The summed E-state index contributed by atoms with van der Waals surface area (Å²) in [5, 5.41) is 111. The molecule has 17 N–H and O–H groups in total. The van der Waals surface area contributed by atoms with Crippen molar-refractivity contribution in [3.05, 3.63) is 34.1 Å². The highest BCUT2D eigenvalue weighted by Gasteiger charge is 2.46. The molecule has 0 aromatic heterocycles. The van der Waals surface area contributed by atoms with E-state index in [1.54, 1.807) is 6.92 Å². The Hall–Kier alpha value is -5.68. The minimum absolute atomic E-state index is 0.0954. The number of carboxylic acid groups (broad SMARTS) is 2. The van der Waals surface area contributed by atoms with Crippen LogP contribution in [0.5, 0.6) is 0 Å². The molecule has 0 aliphatic carbocycles. The second-order valence-electron chi connectivity index (χ2n) is 14.1. The number of aliphatic hydroxyl groups is 8. The predicted octanol–water partition coefficient (Wildman–Crippen LogP) is -6.69. The summed E-state index contributed by atoms with van der Waals surface area (Å²) < 4.78 is 10.9. The topological polar surface area (TPSA) is 480 Å². The van der Waals surface area contributed by atoms with Crippen LogP contribution in [0.4, 0.5) is 0 Å². The van der Waals surface area contributed by atoms with Crippen LogP contribution in [-0.4, -0.2) is 190 Å². The Labute approximate surface area is 351 Å². The highest BCUT2D eigenvalue weighted by Crippen LogP contribution is 2.25.